The van der Waals surface area contributed by atoms with Gasteiger partial charge in [0, 0.05) is 36.1 Å². The van der Waals surface area contributed by atoms with Gasteiger partial charge in [-0.05, 0) is 26.2 Å². The summed E-state index contributed by atoms with van der Waals surface area (Å²) in [4.78, 5) is 4.37. The molecule has 0 spiro atoms. The van der Waals surface area contributed by atoms with Gasteiger partial charge in [-0.15, -0.1) is 0 Å². The van der Waals surface area contributed by atoms with Crippen LogP contribution in [-0.2, 0) is 6.54 Å². The van der Waals surface area contributed by atoms with E-state index in [0.717, 1.165) is 30.0 Å². The molecular weight excluding hydrogens is 236 g/mol. The average molecular weight is 264 g/mol. The SMILES string of the molecule is Cc1cc(OC(C)CC(C)C)c(CNC(C)C)cn1. The lowest BCUT2D eigenvalue weighted by molar-refractivity contribution is 0.190. The first-order chi connectivity index (χ1) is 8.88. The topological polar surface area (TPSA) is 34.1 Å². The number of aryl methyl sites for hydroxylation is 1. The third-order valence-corrected chi connectivity index (χ3v) is 2.91. The minimum atomic E-state index is 0.236. The van der Waals surface area contributed by atoms with Crippen molar-refractivity contribution in [3.8, 4) is 5.75 Å². The lowest BCUT2D eigenvalue weighted by Gasteiger charge is -2.20. The van der Waals surface area contributed by atoms with Crippen LogP contribution in [0.3, 0.4) is 0 Å². The number of pyridine rings is 1. The second-order valence-electron chi connectivity index (χ2n) is 6.03. The second kappa shape index (κ2) is 7.49. The Balaban J connectivity index is 2.75. The van der Waals surface area contributed by atoms with Gasteiger partial charge in [0.2, 0.25) is 0 Å². The molecule has 0 amide bonds. The first-order valence-corrected chi connectivity index (χ1v) is 7.24. The number of hydrogen-bond donors (Lipinski definition) is 1. The first-order valence-electron chi connectivity index (χ1n) is 7.24. The van der Waals surface area contributed by atoms with E-state index in [9.17, 15) is 0 Å². The van der Waals surface area contributed by atoms with Crippen molar-refractivity contribution in [1.82, 2.24) is 10.3 Å². The molecule has 3 nitrogen and oxygen atoms in total. The third-order valence-electron chi connectivity index (χ3n) is 2.91. The molecule has 0 fully saturated rings. The zero-order chi connectivity index (χ0) is 14.4. The van der Waals surface area contributed by atoms with E-state index < -0.39 is 0 Å². The molecule has 0 saturated heterocycles. The largest absolute Gasteiger partial charge is 0.490 e. The van der Waals surface area contributed by atoms with Crippen molar-refractivity contribution in [1.29, 1.82) is 0 Å². The van der Waals surface area contributed by atoms with Crippen LogP contribution >= 0.6 is 0 Å². The van der Waals surface area contributed by atoms with E-state index >= 15 is 0 Å². The summed E-state index contributed by atoms with van der Waals surface area (Å²) in [5, 5.41) is 3.42. The summed E-state index contributed by atoms with van der Waals surface area (Å²) >= 11 is 0. The van der Waals surface area contributed by atoms with E-state index in [-0.39, 0.29) is 6.10 Å². The lowest BCUT2D eigenvalue weighted by atomic mass is 10.1. The molecule has 1 aromatic rings. The van der Waals surface area contributed by atoms with Crippen LogP contribution in [0, 0.1) is 12.8 Å². The number of hydrogen-bond acceptors (Lipinski definition) is 3. The molecule has 0 aromatic carbocycles. The van der Waals surface area contributed by atoms with E-state index in [2.05, 4.69) is 44.9 Å². The van der Waals surface area contributed by atoms with Crippen LogP contribution in [0.15, 0.2) is 12.3 Å². The molecule has 19 heavy (non-hydrogen) atoms. The zero-order valence-electron chi connectivity index (χ0n) is 13.2. The monoisotopic (exact) mass is 264 g/mol. The molecule has 0 aliphatic heterocycles. The van der Waals surface area contributed by atoms with E-state index in [1.807, 2.05) is 19.2 Å². The molecule has 1 rings (SSSR count). The van der Waals surface area contributed by atoms with Gasteiger partial charge in [-0.2, -0.15) is 0 Å². The Bertz CT molecular complexity index is 388. The van der Waals surface area contributed by atoms with Gasteiger partial charge >= 0.3 is 0 Å². The van der Waals surface area contributed by atoms with Crippen LogP contribution in [0.1, 0.15) is 52.3 Å². The van der Waals surface area contributed by atoms with E-state index in [1.165, 1.54) is 0 Å². The molecule has 1 N–H and O–H groups in total. The second-order valence-corrected chi connectivity index (χ2v) is 6.03. The summed E-state index contributed by atoms with van der Waals surface area (Å²) in [6.45, 7) is 13.7. The smallest absolute Gasteiger partial charge is 0.127 e. The van der Waals surface area contributed by atoms with Gasteiger partial charge in [0.25, 0.3) is 0 Å². The Labute approximate surface area is 117 Å². The van der Waals surface area contributed by atoms with Gasteiger partial charge in [-0.3, -0.25) is 4.98 Å². The summed E-state index contributed by atoms with van der Waals surface area (Å²) in [6, 6.07) is 2.50. The van der Waals surface area contributed by atoms with Crippen molar-refractivity contribution in [2.24, 2.45) is 5.92 Å². The van der Waals surface area contributed by atoms with Crippen LogP contribution < -0.4 is 10.1 Å². The third kappa shape index (κ3) is 6.06. The maximum atomic E-state index is 6.09. The Morgan fingerprint density at radius 3 is 2.47 bits per heavy atom. The minimum Gasteiger partial charge on any atom is -0.490 e. The highest BCUT2D eigenvalue weighted by atomic mass is 16.5. The number of ether oxygens (including phenoxy) is 1. The molecule has 1 aromatic heterocycles. The van der Waals surface area contributed by atoms with E-state index in [1.54, 1.807) is 0 Å². The molecule has 0 aliphatic carbocycles. The standard InChI is InChI=1S/C16H28N2O/c1-11(2)7-14(6)19-16-8-13(5)18-10-15(16)9-17-12(3)4/h8,10-12,14,17H,7,9H2,1-6H3. The maximum Gasteiger partial charge on any atom is 0.127 e. The van der Waals surface area contributed by atoms with Gasteiger partial charge in [0.05, 0.1) is 6.10 Å². The molecule has 0 saturated carbocycles. The molecule has 1 atom stereocenters. The lowest BCUT2D eigenvalue weighted by Crippen LogP contribution is -2.23. The molecule has 1 unspecified atom stereocenters. The highest BCUT2D eigenvalue weighted by Gasteiger charge is 2.11. The fraction of sp³-hybridized carbons (Fsp3) is 0.688. The van der Waals surface area contributed by atoms with Crippen molar-refractivity contribution in [2.45, 2.75) is 66.7 Å². The van der Waals surface area contributed by atoms with Crippen LogP contribution in [0.2, 0.25) is 0 Å². The van der Waals surface area contributed by atoms with Gasteiger partial charge in [0.1, 0.15) is 5.75 Å². The Morgan fingerprint density at radius 1 is 1.21 bits per heavy atom. The van der Waals surface area contributed by atoms with Crippen LogP contribution in [0.25, 0.3) is 0 Å². The highest BCUT2D eigenvalue weighted by molar-refractivity contribution is 5.33. The summed E-state index contributed by atoms with van der Waals surface area (Å²) < 4.78 is 6.09. The van der Waals surface area contributed by atoms with Gasteiger partial charge in [-0.25, -0.2) is 0 Å². The molecule has 0 aliphatic rings. The van der Waals surface area contributed by atoms with Crippen molar-refractivity contribution < 1.29 is 4.74 Å². The van der Waals surface area contributed by atoms with Crippen LogP contribution in [-0.4, -0.2) is 17.1 Å². The predicted molar refractivity (Wildman–Crippen MR) is 80.5 cm³/mol. The van der Waals surface area contributed by atoms with E-state index in [4.69, 9.17) is 4.74 Å². The fourth-order valence-corrected chi connectivity index (χ4v) is 2.05. The maximum absolute atomic E-state index is 6.09. The molecule has 108 valence electrons. The molecular formula is C16H28N2O. The quantitative estimate of drug-likeness (QED) is 0.815. The van der Waals surface area contributed by atoms with Crippen LogP contribution in [0.4, 0.5) is 0 Å². The number of aromatic nitrogens is 1. The average Bonchev–Trinajstić information content (AvgIpc) is 2.26. The Kier molecular flexibility index (Phi) is 6.29. The first kappa shape index (κ1) is 16.0. The number of nitrogens with zero attached hydrogens (tertiary/aromatic N) is 1. The Morgan fingerprint density at radius 2 is 1.89 bits per heavy atom. The van der Waals surface area contributed by atoms with Crippen LogP contribution in [0.5, 0.6) is 5.75 Å². The summed E-state index contributed by atoms with van der Waals surface area (Å²) in [6.07, 6.45) is 3.22. The van der Waals surface area contributed by atoms with Crippen molar-refractivity contribution in [2.75, 3.05) is 0 Å². The summed E-state index contributed by atoms with van der Waals surface area (Å²) in [7, 11) is 0. The number of rotatable bonds is 7. The fourth-order valence-electron chi connectivity index (χ4n) is 2.05. The summed E-state index contributed by atoms with van der Waals surface area (Å²) in [5.74, 6) is 1.61. The van der Waals surface area contributed by atoms with E-state index in [0.29, 0.717) is 12.0 Å². The number of nitrogens with one attached hydrogen (secondary N) is 1. The molecule has 0 radical (unpaired) electrons. The highest BCUT2D eigenvalue weighted by Crippen LogP contribution is 2.22. The van der Waals surface area contributed by atoms with Crippen molar-refractivity contribution >= 4 is 0 Å². The van der Waals surface area contributed by atoms with Crippen molar-refractivity contribution in [3.63, 3.8) is 0 Å². The van der Waals surface area contributed by atoms with Crippen molar-refractivity contribution in [3.05, 3.63) is 23.5 Å². The van der Waals surface area contributed by atoms with Gasteiger partial charge in [0.15, 0.2) is 0 Å². The molecule has 3 heteroatoms. The molecule has 0 bridgehead atoms. The normalized spacial score (nSPS) is 13.1. The molecule has 1 heterocycles. The Hall–Kier alpha value is -1.09. The predicted octanol–water partition coefficient (Wildman–Crippen LogP) is 3.70. The minimum absolute atomic E-state index is 0.236. The van der Waals surface area contributed by atoms with Gasteiger partial charge in [-0.1, -0.05) is 27.7 Å². The van der Waals surface area contributed by atoms with Gasteiger partial charge < -0.3 is 10.1 Å². The summed E-state index contributed by atoms with van der Waals surface area (Å²) in [5.41, 5.74) is 2.13. The zero-order valence-corrected chi connectivity index (χ0v) is 13.2.